The van der Waals surface area contributed by atoms with E-state index in [1.54, 1.807) is 0 Å². The van der Waals surface area contributed by atoms with Crippen molar-refractivity contribution in [2.75, 3.05) is 13.1 Å². The monoisotopic (exact) mass is 270 g/mol. The van der Waals surface area contributed by atoms with Gasteiger partial charge in [0.1, 0.15) is 12.2 Å². The third-order valence-corrected chi connectivity index (χ3v) is 2.28. The van der Waals surface area contributed by atoms with Crippen LogP contribution in [0.1, 0.15) is 10.5 Å². The maximum Gasteiger partial charge on any atom is 0.323 e. The van der Waals surface area contributed by atoms with E-state index >= 15 is 0 Å². The summed E-state index contributed by atoms with van der Waals surface area (Å²) in [5.41, 5.74) is -0.0169. The minimum Gasteiger partial charge on any atom is -0.480 e. The summed E-state index contributed by atoms with van der Waals surface area (Å²) in [6.07, 6.45) is 3.77. The summed E-state index contributed by atoms with van der Waals surface area (Å²) in [5.74, 6) is 0.245. The predicted octanol–water partition coefficient (Wildman–Crippen LogP) is 0.913. The smallest absolute Gasteiger partial charge is 0.323 e. The minimum atomic E-state index is -2.61. The van der Waals surface area contributed by atoms with Gasteiger partial charge in [-0.3, -0.25) is 9.59 Å². The van der Waals surface area contributed by atoms with E-state index in [-0.39, 0.29) is 12.2 Å². The number of carboxylic acids is 1. The Hall–Kier alpha value is -2.36. The number of hydrogen-bond acceptors (Lipinski definition) is 2. The lowest BCUT2D eigenvalue weighted by atomic mass is 10.3. The van der Waals surface area contributed by atoms with Crippen LogP contribution in [-0.2, 0) is 11.3 Å². The number of carbonyl (C=O) groups excluding carboxylic acids is 1. The molecule has 0 saturated carbocycles. The van der Waals surface area contributed by atoms with Crippen LogP contribution in [-0.4, -0.2) is 46.0 Å². The molecule has 1 aromatic heterocycles. The van der Waals surface area contributed by atoms with Gasteiger partial charge in [0.25, 0.3) is 12.3 Å². The van der Waals surface area contributed by atoms with E-state index in [0.29, 0.717) is 0 Å². The molecule has 5 nitrogen and oxygen atoms in total. The van der Waals surface area contributed by atoms with Gasteiger partial charge in [-0.2, -0.15) is 0 Å². The molecule has 0 aromatic carbocycles. The number of nitrogens with zero attached hydrogens (tertiary/aromatic N) is 2. The van der Waals surface area contributed by atoms with Gasteiger partial charge in [-0.25, -0.2) is 8.78 Å². The van der Waals surface area contributed by atoms with Crippen molar-refractivity contribution < 1.29 is 23.5 Å². The zero-order valence-electron chi connectivity index (χ0n) is 9.92. The van der Waals surface area contributed by atoms with E-state index in [9.17, 15) is 18.4 Å². The van der Waals surface area contributed by atoms with Gasteiger partial charge in [0.05, 0.1) is 13.1 Å². The molecule has 1 aromatic rings. The Morgan fingerprint density at radius 2 is 2.21 bits per heavy atom. The number of aromatic nitrogens is 1. The lowest BCUT2D eigenvalue weighted by Crippen LogP contribution is -2.37. The van der Waals surface area contributed by atoms with Gasteiger partial charge in [0.15, 0.2) is 0 Å². The van der Waals surface area contributed by atoms with Crippen molar-refractivity contribution >= 4 is 11.9 Å². The average Bonchev–Trinajstić information content (AvgIpc) is 2.74. The summed E-state index contributed by atoms with van der Waals surface area (Å²) < 4.78 is 25.7. The molecule has 7 heteroatoms. The van der Waals surface area contributed by atoms with E-state index in [2.05, 4.69) is 5.92 Å². The number of alkyl halides is 2. The Balaban J connectivity index is 2.93. The summed E-state index contributed by atoms with van der Waals surface area (Å²) in [6, 6.07) is 2.78. The van der Waals surface area contributed by atoms with Crippen molar-refractivity contribution in [3.63, 3.8) is 0 Å². The highest BCUT2D eigenvalue weighted by Gasteiger charge is 2.21. The highest BCUT2D eigenvalue weighted by Crippen LogP contribution is 2.09. The lowest BCUT2D eigenvalue weighted by Gasteiger charge is -2.19. The summed E-state index contributed by atoms with van der Waals surface area (Å²) in [7, 11) is 0. The van der Waals surface area contributed by atoms with Crippen LogP contribution in [0.2, 0.25) is 0 Å². The third kappa shape index (κ3) is 4.10. The molecule has 1 N–H and O–H groups in total. The zero-order chi connectivity index (χ0) is 14.4. The molecular weight excluding hydrogens is 258 g/mol. The Morgan fingerprint density at radius 3 is 2.74 bits per heavy atom. The number of amides is 1. The van der Waals surface area contributed by atoms with Crippen LogP contribution in [0.4, 0.5) is 8.78 Å². The highest BCUT2D eigenvalue weighted by molar-refractivity contribution is 5.94. The second-order valence-electron chi connectivity index (χ2n) is 3.70. The number of carboxylic acid groups (broad SMARTS) is 1. The molecule has 1 rings (SSSR count). The summed E-state index contributed by atoms with van der Waals surface area (Å²) in [6.45, 7) is -1.42. The van der Waals surface area contributed by atoms with E-state index in [1.165, 1.54) is 18.3 Å². The SMILES string of the molecule is C#CCN(CC(=O)O)C(=O)c1cccn1CC(F)F. The third-order valence-electron chi connectivity index (χ3n) is 2.28. The fraction of sp³-hybridized carbons (Fsp3) is 0.333. The topological polar surface area (TPSA) is 62.5 Å². The van der Waals surface area contributed by atoms with Crippen molar-refractivity contribution in [3.8, 4) is 12.3 Å². The second kappa shape index (κ2) is 6.54. The van der Waals surface area contributed by atoms with Crippen molar-refractivity contribution in [1.82, 2.24) is 9.47 Å². The lowest BCUT2D eigenvalue weighted by molar-refractivity contribution is -0.137. The molecule has 0 atom stereocenters. The van der Waals surface area contributed by atoms with Gasteiger partial charge in [-0.05, 0) is 12.1 Å². The summed E-state index contributed by atoms with van der Waals surface area (Å²) >= 11 is 0. The number of terminal acetylenes is 1. The predicted molar refractivity (Wildman–Crippen MR) is 62.8 cm³/mol. The van der Waals surface area contributed by atoms with E-state index < -0.39 is 31.4 Å². The molecule has 1 amide bonds. The quantitative estimate of drug-likeness (QED) is 0.782. The van der Waals surface area contributed by atoms with Crippen molar-refractivity contribution in [1.29, 1.82) is 0 Å². The van der Waals surface area contributed by atoms with E-state index in [1.807, 2.05) is 0 Å². The number of aliphatic carboxylic acids is 1. The molecule has 0 spiro atoms. The molecule has 0 aliphatic heterocycles. The first-order valence-corrected chi connectivity index (χ1v) is 5.33. The fourth-order valence-electron chi connectivity index (χ4n) is 1.55. The van der Waals surface area contributed by atoms with Crippen LogP contribution in [0.25, 0.3) is 0 Å². The molecule has 0 unspecified atom stereocenters. The van der Waals surface area contributed by atoms with Crippen LogP contribution in [0, 0.1) is 12.3 Å². The van der Waals surface area contributed by atoms with Crippen LogP contribution in [0.5, 0.6) is 0 Å². The van der Waals surface area contributed by atoms with Gasteiger partial charge in [0, 0.05) is 6.20 Å². The maximum atomic E-state index is 12.3. The second-order valence-corrected chi connectivity index (χ2v) is 3.70. The highest BCUT2D eigenvalue weighted by atomic mass is 19.3. The Kier molecular flexibility index (Phi) is 5.06. The van der Waals surface area contributed by atoms with Crippen LogP contribution < -0.4 is 0 Å². The van der Waals surface area contributed by atoms with Crippen molar-refractivity contribution in [3.05, 3.63) is 24.0 Å². The number of rotatable bonds is 6. The molecule has 0 aliphatic carbocycles. The van der Waals surface area contributed by atoms with E-state index in [4.69, 9.17) is 11.5 Å². The molecule has 0 radical (unpaired) electrons. The number of halogens is 2. The standard InChI is InChI=1S/C12H12F2N2O3/c1-2-5-16(8-11(17)18)12(19)9-4-3-6-15(9)7-10(13)14/h1,3-4,6,10H,5,7-8H2,(H,17,18). The van der Waals surface area contributed by atoms with E-state index in [0.717, 1.165) is 9.47 Å². The van der Waals surface area contributed by atoms with Gasteiger partial charge in [-0.15, -0.1) is 6.42 Å². The van der Waals surface area contributed by atoms with Crippen LogP contribution in [0.15, 0.2) is 18.3 Å². The number of hydrogen-bond donors (Lipinski definition) is 1. The first-order valence-electron chi connectivity index (χ1n) is 5.33. The normalized spacial score (nSPS) is 10.2. The van der Waals surface area contributed by atoms with Gasteiger partial charge < -0.3 is 14.6 Å². The average molecular weight is 270 g/mol. The van der Waals surface area contributed by atoms with Crippen molar-refractivity contribution in [2.45, 2.75) is 13.0 Å². The molecule has 1 heterocycles. The van der Waals surface area contributed by atoms with Gasteiger partial charge in [-0.1, -0.05) is 5.92 Å². The molecule has 0 aliphatic rings. The first kappa shape index (κ1) is 14.7. The molecule has 0 bridgehead atoms. The maximum absolute atomic E-state index is 12.3. The molecule has 19 heavy (non-hydrogen) atoms. The fourth-order valence-corrected chi connectivity index (χ4v) is 1.55. The Morgan fingerprint density at radius 1 is 1.53 bits per heavy atom. The molecule has 102 valence electrons. The van der Waals surface area contributed by atoms with Crippen LogP contribution in [0.3, 0.4) is 0 Å². The molecule has 0 saturated heterocycles. The van der Waals surface area contributed by atoms with Gasteiger partial charge in [0.2, 0.25) is 0 Å². The van der Waals surface area contributed by atoms with Crippen LogP contribution >= 0.6 is 0 Å². The van der Waals surface area contributed by atoms with Gasteiger partial charge >= 0.3 is 5.97 Å². The molecular formula is C12H12F2N2O3. The Bertz CT molecular complexity index is 505. The first-order chi connectivity index (χ1) is 8.95. The van der Waals surface area contributed by atoms with Crippen molar-refractivity contribution in [2.24, 2.45) is 0 Å². The number of carbonyl (C=O) groups is 2. The largest absolute Gasteiger partial charge is 0.480 e. The minimum absolute atomic E-state index is 0.0169. The zero-order valence-corrected chi connectivity index (χ0v) is 9.92. The molecule has 0 fully saturated rings. The summed E-state index contributed by atoms with van der Waals surface area (Å²) in [5, 5.41) is 8.68. The Labute approximate surface area is 108 Å². The summed E-state index contributed by atoms with van der Waals surface area (Å²) in [4.78, 5) is 23.6.